The van der Waals surface area contributed by atoms with Crippen molar-refractivity contribution >= 4 is 35.1 Å². The van der Waals surface area contributed by atoms with E-state index >= 15 is 0 Å². The molecule has 0 aliphatic heterocycles. The maximum absolute atomic E-state index is 12.5. The van der Waals surface area contributed by atoms with Gasteiger partial charge in [0.2, 0.25) is 5.75 Å². The molecular weight excluding hydrogens is 442 g/mol. The summed E-state index contributed by atoms with van der Waals surface area (Å²) in [7, 11) is 4.46. The fourth-order valence-electron chi connectivity index (χ4n) is 2.63. The Morgan fingerprint density at radius 2 is 1.90 bits per heavy atom. The summed E-state index contributed by atoms with van der Waals surface area (Å²) < 4.78 is 22.0. The topological polar surface area (TPSA) is 91.3 Å². The molecular formula is C21H20ClN3O5S. The van der Waals surface area contributed by atoms with E-state index < -0.39 is 5.91 Å². The minimum absolute atomic E-state index is 0.312. The van der Waals surface area contributed by atoms with Crippen LogP contribution in [0.1, 0.15) is 20.8 Å². The van der Waals surface area contributed by atoms with E-state index in [9.17, 15) is 4.79 Å². The second-order valence-corrected chi connectivity index (χ2v) is 7.75. The summed E-state index contributed by atoms with van der Waals surface area (Å²) in [6.07, 6.45) is 3.20. The van der Waals surface area contributed by atoms with E-state index in [1.807, 2.05) is 18.2 Å². The summed E-state index contributed by atoms with van der Waals surface area (Å²) in [5.74, 6) is 1.39. The monoisotopic (exact) mass is 461 g/mol. The van der Waals surface area contributed by atoms with Gasteiger partial charge in [0.1, 0.15) is 12.4 Å². The molecule has 0 unspecified atom stereocenters. The van der Waals surface area contributed by atoms with Crippen LogP contribution in [0.25, 0.3) is 0 Å². The third-order valence-corrected chi connectivity index (χ3v) is 5.16. The fraction of sp³-hybridized carbons (Fsp3) is 0.190. The number of carbonyl (C=O) groups is 1. The number of carbonyl (C=O) groups excluding carboxylic acids is 1. The molecule has 3 aromatic rings. The van der Waals surface area contributed by atoms with E-state index in [2.05, 4.69) is 15.5 Å². The Labute approximate surface area is 188 Å². The van der Waals surface area contributed by atoms with Gasteiger partial charge in [0, 0.05) is 11.8 Å². The molecule has 1 heterocycles. The number of hydrogen-bond donors (Lipinski definition) is 1. The van der Waals surface area contributed by atoms with E-state index in [-0.39, 0.29) is 0 Å². The first kappa shape index (κ1) is 22.4. The highest BCUT2D eigenvalue weighted by molar-refractivity contribution is 7.15. The van der Waals surface area contributed by atoms with Crippen molar-refractivity contribution in [1.29, 1.82) is 0 Å². The number of halogens is 1. The van der Waals surface area contributed by atoms with Crippen LogP contribution in [-0.2, 0) is 6.61 Å². The molecule has 1 N–H and O–H groups in total. The molecule has 10 heteroatoms. The van der Waals surface area contributed by atoms with Gasteiger partial charge < -0.3 is 18.9 Å². The molecule has 0 saturated heterocycles. The van der Waals surface area contributed by atoms with Crippen LogP contribution in [0.15, 0.2) is 47.7 Å². The molecule has 0 bridgehead atoms. The average Bonchev–Trinajstić information content (AvgIpc) is 3.21. The third-order valence-electron chi connectivity index (χ3n) is 4.07. The number of amides is 1. The highest BCUT2D eigenvalue weighted by Crippen LogP contribution is 2.38. The van der Waals surface area contributed by atoms with Gasteiger partial charge >= 0.3 is 0 Å². The van der Waals surface area contributed by atoms with Gasteiger partial charge in [0.15, 0.2) is 16.0 Å². The molecule has 0 spiro atoms. The summed E-state index contributed by atoms with van der Waals surface area (Å²) in [6.45, 7) is 0.364. The molecule has 1 amide bonds. The van der Waals surface area contributed by atoms with E-state index in [1.54, 1.807) is 24.4 Å². The van der Waals surface area contributed by atoms with Gasteiger partial charge in [0.25, 0.3) is 5.91 Å². The maximum Gasteiger partial charge on any atom is 0.271 e. The number of nitrogens with one attached hydrogen (secondary N) is 1. The van der Waals surface area contributed by atoms with Gasteiger partial charge in [0.05, 0.1) is 32.4 Å². The maximum atomic E-state index is 12.5. The molecule has 0 fully saturated rings. The summed E-state index contributed by atoms with van der Waals surface area (Å²) >= 11 is 7.19. The number of aromatic nitrogens is 1. The van der Waals surface area contributed by atoms with Crippen LogP contribution in [-0.4, -0.2) is 38.4 Å². The predicted octanol–water partition coefficient (Wildman–Crippen LogP) is 4.17. The van der Waals surface area contributed by atoms with Crippen molar-refractivity contribution in [3.63, 3.8) is 0 Å². The Balaban J connectivity index is 1.64. The molecule has 31 heavy (non-hydrogen) atoms. The Morgan fingerprint density at radius 3 is 2.52 bits per heavy atom. The normalized spacial score (nSPS) is 10.7. The third kappa shape index (κ3) is 5.87. The Hall–Kier alpha value is -3.30. The van der Waals surface area contributed by atoms with Crippen molar-refractivity contribution in [1.82, 2.24) is 10.4 Å². The number of hydrazone groups is 1. The summed E-state index contributed by atoms with van der Waals surface area (Å²) in [5.41, 5.74) is 3.55. The minimum Gasteiger partial charge on any atom is -0.493 e. The number of thiazole rings is 1. The van der Waals surface area contributed by atoms with Crippen molar-refractivity contribution in [3.8, 4) is 23.0 Å². The molecule has 0 aliphatic carbocycles. The van der Waals surface area contributed by atoms with E-state index in [1.165, 1.54) is 38.9 Å². The molecule has 1 aromatic heterocycles. The summed E-state index contributed by atoms with van der Waals surface area (Å²) in [4.78, 5) is 17.4. The lowest BCUT2D eigenvalue weighted by Crippen LogP contribution is -2.18. The second-order valence-electron chi connectivity index (χ2n) is 6.05. The number of ether oxygens (including phenoxy) is 4. The highest BCUT2D eigenvalue weighted by atomic mass is 35.5. The minimum atomic E-state index is -0.426. The first-order valence-corrected chi connectivity index (χ1v) is 10.2. The van der Waals surface area contributed by atoms with Crippen LogP contribution in [0.2, 0.25) is 4.47 Å². The van der Waals surface area contributed by atoms with E-state index in [4.69, 9.17) is 30.5 Å². The van der Waals surface area contributed by atoms with Crippen LogP contribution in [0.5, 0.6) is 23.0 Å². The van der Waals surface area contributed by atoms with Crippen LogP contribution >= 0.6 is 22.9 Å². The zero-order valence-electron chi connectivity index (χ0n) is 17.0. The van der Waals surface area contributed by atoms with E-state index in [0.717, 1.165) is 10.4 Å². The first-order valence-electron chi connectivity index (χ1n) is 9.00. The van der Waals surface area contributed by atoms with Gasteiger partial charge in [-0.15, -0.1) is 11.3 Å². The molecule has 2 aromatic carbocycles. The van der Waals surface area contributed by atoms with Gasteiger partial charge in [-0.25, -0.2) is 10.4 Å². The van der Waals surface area contributed by atoms with Crippen molar-refractivity contribution < 1.29 is 23.7 Å². The van der Waals surface area contributed by atoms with Gasteiger partial charge in [-0.1, -0.05) is 23.7 Å². The van der Waals surface area contributed by atoms with Crippen LogP contribution in [0, 0.1) is 0 Å². The fourth-order valence-corrected chi connectivity index (χ4v) is 3.52. The summed E-state index contributed by atoms with van der Waals surface area (Å²) in [5, 5.41) is 4.02. The molecule has 0 radical (unpaired) electrons. The SMILES string of the molecule is COc1cc(C(=O)N/N=C\c2cccc(OCc3cnc(Cl)s3)c2)cc(OC)c1OC. The van der Waals surface area contributed by atoms with Gasteiger partial charge in [-0.05, 0) is 29.8 Å². The van der Waals surface area contributed by atoms with Crippen LogP contribution in [0.3, 0.4) is 0 Å². The Morgan fingerprint density at radius 1 is 1.16 bits per heavy atom. The molecule has 0 aliphatic rings. The van der Waals surface area contributed by atoms with Crippen molar-refractivity contribution in [3.05, 3.63) is 63.1 Å². The summed E-state index contributed by atoms with van der Waals surface area (Å²) in [6, 6.07) is 10.4. The molecule has 0 saturated carbocycles. The van der Waals surface area contributed by atoms with Crippen LogP contribution in [0.4, 0.5) is 0 Å². The standard InChI is InChI=1S/C21H20ClN3O5S/c1-27-17-8-14(9-18(28-2)19(17)29-3)20(26)25-24-10-13-5-4-6-15(7-13)30-12-16-11-23-21(22)31-16/h4-11H,12H2,1-3H3,(H,25,26)/b24-10-. The molecule has 0 atom stereocenters. The number of methoxy groups -OCH3 is 3. The molecule has 8 nitrogen and oxygen atoms in total. The lowest BCUT2D eigenvalue weighted by atomic mass is 10.1. The Bertz CT molecular complexity index is 1060. The predicted molar refractivity (Wildman–Crippen MR) is 119 cm³/mol. The zero-order chi connectivity index (χ0) is 22.2. The van der Waals surface area contributed by atoms with Crippen molar-refractivity contribution in [2.75, 3.05) is 21.3 Å². The largest absolute Gasteiger partial charge is 0.493 e. The van der Waals surface area contributed by atoms with Gasteiger partial charge in [-0.2, -0.15) is 5.10 Å². The second kappa shape index (κ2) is 10.6. The number of rotatable bonds is 9. The number of benzene rings is 2. The van der Waals surface area contributed by atoms with Crippen molar-refractivity contribution in [2.45, 2.75) is 6.61 Å². The number of hydrogen-bond acceptors (Lipinski definition) is 8. The molecule has 3 rings (SSSR count). The number of nitrogens with zero attached hydrogens (tertiary/aromatic N) is 2. The van der Waals surface area contributed by atoms with E-state index in [0.29, 0.717) is 39.6 Å². The Kier molecular flexibility index (Phi) is 7.69. The van der Waals surface area contributed by atoms with Gasteiger partial charge in [-0.3, -0.25) is 4.79 Å². The first-order chi connectivity index (χ1) is 15.0. The quantitative estimate of drug-likeness (QED) is 0.380. The zero-order valence-corrected chi connectivity index (χ0v) is 18.6. The lowest BCUT2D eigenvalue weighted by Gasteiger charge is -2.13. The van der Waals surface area contributed by atoms with Crippen LogP contribution < -0.4 is 24.4 Å². The average molecular weight is 462 g/mol. The molecule has 162 valence electrons. The smallest absolute Gasteiger partial charge is 0.271 e. The van der Waals surface area contributed by atoms with Crippen molar-refractivity contribution in [2.24, 2.45) is 5.10 Å². The lowest BCUT2D eigenvalue weighted by molar-refractivity contribution is 0.0954. The highest BCUT2D eigenvalue weighted by Gasteiger charge is 2.16.